The van der Waals surface area contributed by atoms with Gasteiger partial charge in [-0.05, 0) is 43.4 Å². The summed E-state index contributed by atoms with van der Waals surface area (Å²) < 4.78 is 0. The SMILES string of the molecule is OC1CCCCC1C1CCCCC1CBr. The van der Waals surface area contributed by atoms with Gasteiger partial charge in [-0.3, -0.25) is 0 Å². The number of hydrogen-bond donors (Lipinski definition) is 1. The number of halogens is 1. The van der Waals surface area contributed by atoms with E-state index in [4.69, 9.17) is 0 Å². The molecule has 2 fully saturated rings. The molecule has 15 heavy (non-hydrogen) atoms. The molecule has 0 heterocycles. The summed E-state index contributed by atoms with van der Waals surface area (Å²) in [5.74, 6) is 2.24. The third kappa shape index (κ3) is 2.76. The first-order valence-corrected chi connectivity index (χ1v) is 7.69. The molecular formula is C13H23BrO. The van der Waals surface area contributed by atoms with Crippen molar-refractivity contribution in [2.75, 3.05) is 5.33 Å². The average Bonchev–Trinajstić information content (AvgIpc) is 2.30. The number of rotatable bonds is 2. The largest absolute Gasteiger partial charge is 0.393 e. The number of hydrogen-bond acceptors (Lipinski definition) is 1. The quantitative estimate of drug-likeness (QED) is 0.761. The van der Waals surface area contributed by atoms with Gasteiger partial charge < -0.3 is 5.11 Å². The molecule has 0 amide bonds. The lowest BCUT2D eigenvalue weighted by Crippen LogP contribution is -2.37. The highest BCUT2D eigenvalue weighted by atomic mass is 79.9. The van der Waals surface area contributed by atoms with Crippen molar-refractivity contribution in [3.63, 3.8) is 0 Å². The van der Waals surface area contributed by atoms with Crippen molar-refractivity contribution in [1.82, 2.24) is 0 Å². The van der Waals surface area contributed by atoms with Crippen molar-refractivity contribution < 1.29 is 5.11 Å². The van der Waals surface area contributed by atoms with E-state index in [0.29, 0.717) is 5.92 Å². The Labute approximate surface area is 102 Å². The second-order valence-corrected chi connectivity index (χ2v) is 6.03. The van der Waals surface area contributed by atoms with Gasteiger partial charge >= 0.3 is 0 Å². The molecule has 2 aliphatic rings. The highest BCUT2D eigenvalue weighted by Crippen LogP contribution is 2.42. The topological polar surface area (TPSA) is 20.2 Å². The summed E-state index contributed by atoms with van der Waals surface area (Å²) in [7, 11) is 0. The highest BCUT2D eigenvalue weighted by molar-refractivity contribution is 9.09. The molecule has 4 atom stereocenters. The van der Waals surface area contributed by atoms with Crippen LogP contribution >= 0.6 is 15.9 Å². The molecular weight excluding hydrogens is 252 g/mol. The molecule has 2 heteroatoms. The lowest BCUT2D eigenvalue weighted by atomic mass is 9.67. The van der Waals surface area contributed by atoms with Gasteiger partial charge in [0.15, 0.2) is 0 Å². The average molecular weight is 275 g/mol. The lowest BCUT2D eigenvalue weighted by Gasteiger charge is -2.40. The van der Waals surface area contributed by atoms with Gasteiger partial charge in [0.05, 0.1) is 6.10 Å². The predicted molar refractivity (Wildman–Crippen MR) is 67.2 cm³/mol. The highest BCUT2D eigenvalue weighted by Gasteiger charge is 2.35. The maximum atomic E-state index is 10.1. The summed E-state index contributed by atoms with van der Waals surface area (Å²) in [5.41, 5.74) is 0. The summed E-state index contributed by atoms with van der Waals surface area (Å²) >= 11 is 3.66. The van der Waals surface area contributed by atoms with Crippen molar-refractivity contribution in [3.8, 4) is 0 Å². The Morgan fingerprint density at radius 3 is 2.13 bits per heavy atom. The van der Waals surface area contributed by atoms with Crippen molar-refractivity contribution in [2.45, 2.75) is 57.5 Å². The molecule has 1 N–H and O–H groups in total. The van der Waals surface area contributed by atoms with Crippen LogP contribution in [0.15, 0.2) is 0 Å². The van der Waals surface area contributed by atoms with E-state index in [1.54, 1.807) is 0 Å². The molecule has 2 saturated carbocycles. The van der Waals surface area contributed by atoms with Gasteiger partial charge in [0, 0.05) is 5.33 Å². The molecule has 2 rings (SSSR count). The van der Waals surface area contributed by atoms with Gasteiger partial charge in [-0.15, -0.1) is 0 Å². The van der Waals surface area contributed by atoms with Gasteiger partial charge in [0.1, 0.15) is 0 Å². The summed E-state index contributed by atoms with van der Waals surface area (Å²) in [6.45, 7) is 0. The van der Waals surface area contributed by atoms with Crippen LogP contribution in [0, 0.1) is 17.8 Å². The van der Waals surface area contributed by atoms with E-state index in [2.05, 4.69) is 15.9 Å². The molecule has 0 saturated heterocycles. The fraction of sp³-hybridized carbons (Fsp3) is 1.00. The van der Waals surface area contributed by atoms with E-state index < -0.39 is 0 Å². The van der Waals surface area contributed by atoms with Gasteiger partial charge in [0.25, 0.3) is 0 Å². The van der Waals surface area contributed by atoms with Crippen LogP contribution in [0.4, 0.5) is 0 Å². The standard InChI is InChI=1S/C13H23BrO/c14-9-10-5-1-2-6-11(10)12-7-3-4-8-13(12)15/h10-13,15H,1-9H2. The maximum Gasteiger partial charge on any atom is 0.0571 e. The van der Waals surface area contributed by atoms with E-state index in [0.717, 1.165) is 23.6 Å². The molecule has 0 spiro atoms. The summed E-state index contributed by atoms with van der Waals surface area (Å²) in [6, 6.07) is 0. The van der Waals surface area contributed by atoms with Crippen molar-refractivity contribution in [2.24, 2.45) is 17.8 Å². The van der Waals surface area contributed by atoms with Crippen LogP contribution in [-0.4, -0.2) is 16.5 Å². The van der Waals surface area contributed by atoms with Crippen LogP contribution in [0.25, 0.3) is 0 Å². The first-order valence-electron chi connectivity index (χ1n) is 6.57. The third-order valence-electron chi connectivity index (χ3n) is 4.50. The van der Waals surface area contributed by atoms with E-state index in [9.17, 15) is 5.11 Å². The fourth-order valence-corrected chi connectivity index (χ4v) is 4.43. The predicted octanol–water partition coefficient (Wildman–Crippen LogP) is 3.74. The zero-order valence-corrected chi connectivity index (χ0v) is 11.1. The van der Waals surface area contributed by atoms with E-state index in [1.807, 2.05) is 0 Å². The number of aliphatic hydroxyl groups excluding tert-OH is 1. The fourth-order valence-electron chi connectivity index (χ4n) is 3.63. The molecule has 88 valence electrons. The Balaban J connectivity index is 1.99. The molecule has 1 nitrogen and oxygen atoms in total. The van der Waals surface area contributed by atoms with Crippen LogP contribution in [0.5, 0.6) is 0 Å². The zero-order chi connectivity index (χ0) is 10.7. The summed E-state index contributed by atoms with van der Waals surface area (Å²) in [4.78, 5) is 0. The Bertz CT molecular complexity index is 195. The molecule has 0 aromatic carbocycles. The Kier molecular flexibility index (Phi) is 4.51. The first-order chi connectivity index (χ1) is 7.33. The molecule has 0 aromatic rings. The second kappa shape index (κ2) is 5.67. The first kappa shape index (κ1) is 11.9. The smallest absolute Gasteiger partial charge is 0.0571 e. The molecule has 0 aliphatic heterocycles. The zero-order valence-electron chi connectivity index (χ0n) is 9.50. The molecule has 0 radical (unpaired) electrons. The monoisotopic (exact) mass is 274 g/mol. The lowest BCUT2D eigenvalue weighted by molar-refractivity contribution is 0.00938. The van der Waals surface area contributed by atoms with Gasteiger partial charge in [-0.2, -0.15) is 0 Å². The Hall–Kier alpha value is 0.440. The minimum Gasteiger partial charge on any atom is -0.393 e. The summed E-state index contributed by atoms with van der Waals surface area (Å²) in [6.07, 6.45) is 10.4. The van der Waals surface area contributed by atoms with Crippen LogP contribution in [0.1, 0.15) is 51.4 Å². The van der Waals surface area contributed by atoms with Gasteiger partial charge in [-0.1, -0.05) is 41.6 Å². The van der Waals surface area contributed by atoms with Crippen LogP contribution in [0.2, 0.25) is 0 Å². The van der Waals surface area contributed by atoms with Crippen molar-refractivity contribution in [1.29, 1.82) is 0 Å². The summed E-state index contributed by atoms with van der Waals surface area (Å²) in [5, 5.41) is 11.3. The van der Waals surface area contributed by atoms with Crippen LogP contribution in [0.3, 0.4) is 0 Å². The van der Waals surface area contributed by atoms with E-state index >= 15 is 0 Å². The Morgan fingerprint density at radius 1 is 0.867 bits per heavy atom. The molecule has 0 aromatic heterocycles. The van der Waals surface area contributed by atoms with Crippen molar-refractivity contribution in [3.05, 3.63) is 0 Å². The number of aliphatic hydroxyl groups is 1. The minimum absolute atomic E-state index is 0.00315. The van der Waals surface area contributed by atoms with E-state index in [-0.39, 0.29) is 6.10 Å². The van der Waals surface area contributed by atoms with Crippen LogP contribution in [-0.2, 0) is 0 Å². The van der Waals surface area contributed by atoms with E-state index in [1.165, 1.54) is 44.9 Å². The Morgan fingerprint density at radius 2 is 1.47 bits per heavy atom. The maximum absolute atomic E-state index is 10.1. The molecule has 0 bridgehead atoms. The van der Waals surface area contributed by atoms with Gasteiger partial charge in [-0.25, -0.2) is 0 Å². The van der Waals surface area contributed by atoms with Crippen LogP contribution < -0.4 is 0 Å². The normalized spacial score (nSPS) is 42.8. The molecule has 2 aliphatic carbocycles. The van der Waals surface area contributed by atoms with Gasteiger partial charge in [0.2, 0.25) is 0 Å². The third-order valence-corrected chi connectivity index (χ3v) is 5.33. The molecule has 4 unspecified atom stereocenters. The van der Waals surface area contributed by atoms with Crippen molar-refractivity contribution >= 4 is 15.9 Å². The number of alkyl halides is 1. The minimum atomic E-state index is 0.00315. The second-order valence-electron chi connectivity index (χ2n) is 5.38.